The SMILES string of the molecule is CN(C(=O)C(N)C(C)(C)O)C(Cc1ccccc1)c1ccccc1. The lowest BCUT2D eigenvalue weighted by molar-refractivity contribution is -0.138. The molecule has 0 fully saturated rings. The highest BCUT2D eigenvalue weighted by molar-refractivity contribution is 5.83. The zero-order valence-electron chi connectivity index (χ0n) is 14.5. The van der Waals surface area contributed by atoms with Crippen LogP contribution in [0, 0.1) is 0 Å². The zero-order valence-corrected chi connectivity index (χ0v) is 14.5. The molecule has 0 radical (unpaired) electrons. The number of aliphatic hydroxyl groups is 1. The smallest absolute Gasteiger partial charge is 0.242 e. The number of hydrogen-bond acceptors (Lipinski definition) is 3. The minimum absolute atomic E-state index is 0.144. The first-order chi connectivity index (χ1) is 11.3. The molecule has 2 aromatic rings. The molecular weight excluding hydrogens is 300 g/mol. The van der Waals surface area contributed by atoms with Crippen LogP contribution in [-0.2, 0) is 11.2 Å². The lowest BCUT2D eigenvalue weighted by Gasteiger charge is -2.34. The second-order valence-electron chi connectivity index (χ2n) is 6.70. The summed E-state index contributed by atoms with van der Waals surface area (Å²) in [5.74, 6) is -0.271. The monoisotopic (exact) mass is 326 g/mol. The highest BCUT2D eigenvalue weighted by Crippen LogP contribution is 2.25. The predicted octanol–water partition coefficient (Wildman–Crippen LogP) is 2.53. The third-order valence-corrected chi connectivity index (χ3v) is 4.30. The van der Waals surface area contributed by atoms with Crippen LogP contribution in [0.2, 0.25) is 0 Å². The predicted molar refractivity (Wildman–Crippen MR) is 96.4 cm³/mol. The molecule has 0 bridgehead atoms. The first-order valence-corrected chi connectivity index (χ1v) is 8.14. The van der Waals surface area contributed by atoms with Gasteiger partial charge in [-0.2, -0.15) is 0 Å². The fourth-order valence-electron chi connectivity index (χ4n) is 2.67. The minimum Gasteiger partial charge on any atom is -0.388 e. The summed E-state index contributed by atoms with van der Waals surface area (Å²) in [6, 6.07) is 18.8. The molecule has 0 spiro atoms. The van der Waals surface area contributed by atoms with Crippen LogP contribution in [0.3, 0.4) is 0 Å². The van der Waals surface area contributed by atoms with Gasteiger partial charge in [0.15, 0.2) is 0 Å². The third kappa shape index (κ3) is 4.43. The lowest BCUT2D eigenvalue weighted by Crippen LogP contribution is -2.54. The van der Waals surface area contributed by atoms with E-state index in [1.54, 1.807) is 25.8 Å². The Labute approximate surface area is 143 Å². The number of likely N-dealkylation sites (N-methyl/N-ethyl adjacent to an activating group) is 1. The summed E-state index contributed by atoms with van der Waals surface area (Å²) in [6.45, 7) is 3.11. The molecule has 2 unspecified atom stereocenters. The van der Waals surface area contributed by atoms with Gasteiger partial charge in [-0.1, -0.05) is 60.7 Å². The average Bonchev–Trinajstić information content (AvgIpc) is 2.58. The maximum Gasteiger partial charge on any atom is 0.242 e. The summed E-state index contributed by atoms with van der Waals surface area (Å²) < 4.78 is 0. The van der Waals surface area contributed by atoms with Gasteiger partial charge in [0.05, 0.1) is 11.6 Å². The Balaban J connectivity index is 2.30. The van der Waals surface area contributed by atoms with E-state index < -0.39 is 11.6 Å². The quantitative estimate of drug-likeness (QED) is 0.857. The van der Waals surface area contributed by atoms with Crippen molar-refractivity contribution in [1.29, 1.82) is 0 Å². The van der Waals surface area contributed by atoms with E-state index in [1.807, 2.05) is 60.7 Å². The van der Waals surface area contributed by atoms with Crippen LogP contribution < -0.4 is 5.73 Å². The number of carbonyl (C=O) groups is 1. The van der Waals surface area contributed by atoms with Crippen LogP contribution in [0.5, 0.6) is 0 Å². The van der Waals surface area contributed by atoms with Crippen molar-refractivity contribution in [3.05, 3.63) is 71.8 Å². The Kier molecular flexibility index (Phi) is 5.75. The third-order valence-electron chi connectivity index (χ3n) is 4.30. The van der Waals surface area contributed by atoms with E-state index >= 15 is 0 Å². The molecule has 0 aliphatic rings. The van der Waals surface area contributed by atoms with Gasteiger partial charge >= 0.3 is 0 Å². The van der Waals surface area contributed by atoms with Crippen molar-refractivity contribution in [2.24, 2.45) is 5.73 Å². The average molecular weight is 326 g/mol. The van der Waals surface area contributed by atoms with Gasteiger partial charge in [-0.15, -0.1) is 0 Å². The van der Waals surface area contributed by atoms with Crippen LogP contribution in [0.15, 0.2) is 60.7 Å². The topological polar surface area (TPSA) is 66.6 Å². The number of carbonyl (C=O) groups excluding carboxylic acids is 1. The summed E-state index contributed by atoms with van der Waals surface area (Å²) in [5.41, 5.74) is 6.88. The van der Waals surface area contributed by atoms with Crippen LogP contribution in [0.4, 0.5) is 0 Å². The summed E-state index contributed by atoms with van der Waals surface area (Å²) >= 11 is 0. The maximum atomic E-state index is 12.7. The number of nitrogens with zero attached hydrogens (tertiary/aromatic N) is 1. The summed E-state index contributed by atoms with van der Waals surface area (Å²) in [7, 11) is 1.74. The molecule has 128 valence electrons. The molecule has 24 heavy (non-hydrogen) atoms. The number of benzene rings is 2. The van der Waals surface area contributed by atoms with Gasteiger partial charge in [-0.3, -0.25) is 4.79 Å². The zero-order chi connectivity index (χ0) is 17.7. The highest BCUT2D eigenvalue weighted by atomic mass is 16.3. The van der Waals surface area contributed by atoms with Crippen molar-refractivity contribution >= 4 is 5.91 Å². The van der Waals surface area contributed by atoms with E-state index in [0.717, 1.165) is 11.1 Å². The second-order valence-corrected chi connectivity index (χ2v) is 6.70. The molecule has 0 saturated carbocycles. The van der Waals surface area contributed by atoms with Gasteiger partial charge in [-0.25, -0.2) is 0 Å². The summed E-state index contributed by atoms with van der Waals surface area (Å²) in [6.07, 6.45) is 0.686. The Morgan fingerprint density at radius 3 is 2.08 bits per heavy atom. The fraction of sp³-hybridized carbons (Fsp3) is 0.350. The molecule has 0 aliphatic carbocycles. The largest absolute Gasteiger partial charge is 0.388 e. The van der Waals surface area contributed by atoms with E-state index in [1.165, 1.54) is 0 Å². The van der Waals surface area contributed by atoms with Crippen molar-refractivity contribution in [2.75, 3.05) is 7.05 Å². The molecule has 2 aromatic carbocycles. The molecule has 4 heteroatoms. The standard InChI is InChI=1S/C20H26N2O2/c1-20(2,24)18(21)19(23)22(3)17(16-12-8-5-9-13-16)14-15-10-6-4-7-11-15/h4-13,17-18,24H,14,21H2,1-3H3. The Morgan fingerprint density at radius 1 is 1.08 bits per heavy atom. The van der Waals surface area contributed by atoms with Crippen molar-refractivity contribution in [3.8, 4) is 0 Å². The van der Waals surface area contributed by atoms with E-state index in [4.69, 9.17) is 5.73 Å². The number of hydrogen-bond donors (Lipinski definition) is 2. The normalized spacial score (nSPS) is 14.0. The summed E-state index contributed by atoms with van der Waals surface area (Å²) in [4.78, 5) is 14.4. The molecular formula is C20H26N2O2. The first-order valence-electron chi connectivity index (χ1n) is 8.14. The molecule has 1 amide bonds. The van der Waals surface area contributed by atoms with Crippen molar-refractivity contribution < 1.29 is 9.90 Å². The Bertz CT molecular complexity index is 650. The molecule has 3 N–H and O–H groups in total. The van der Waals surface area contributed by atoms with Crippen molar-refractivity contribution in [3.63, 3.8) is 0 Å². The Morgan fingerprint density at radius 2 is 1.58 bits per heavy atom. The highest BCUT2D eigenvalue weighted by Gasteiger charge is 2.34. The summed E-state index contributed by atoms with van der Waals surface area (Å²) in [5, 5.41) is 10.1. The van der Waals surface area contributed by atoms with E-state index in [9.17, 15) is 9.90 Å². The van der Waals surface area contributed by atoms with Gasteiger partial charge in [0.25, 0.3) is 0 Å². The molecule has 0 aliphatic heterocycles. The molecule has 2 atom stereocenters. The minimum atomic E-state index is -1.26. The molecule has 4 nitrogen and oxygen atoms in total. The number of amides is 1. The van der Waals surface area contributed by atoms with Crippen molar-refractivity contribution in [1.82, 2.24) is 4.90 Å². The number of nitrogens with two attached hydrogens (primary N) is 1. The maximum absolute atomic E-state index is 12.7. The van der Waals surface area contributed by atoms with Gasteiger partial charge in [0, 0.05) is 7.05 Å². The van der Waals surface area contributed by atoms with E-state index in [2.05, 4.69) is 0 Å². The first kappa shape index (κ1) is 18.2. The van der Waals surface area contributed by atoms with Crippen LogP contribution in [0.25, 0.3) is 0 Å². The lowest BCUT2D eigenvalue weighted by atomic mass is 9.94. The van der Waals surface area contributed by atoms with E-state index in [-0.39, 0.29) is 11.9 Å². The van der Waals surface area contributed by atoms with Crippen molar-refractivity contribution in [2.45, 2.75) is 38.0 Å². The molecule has 0 saturated heterocycles. The van der Waals surface area contributed by atoms with Gasteiger partial charge in [0.1, 0.15) is 6.04 Å². The molecule has 2 rings (SSSR count). The second kappa shape index (κ2) is 7.60. The van der Waals surface area contributed by atoms with E-state index in [0.29, 0.717) is 6.42 Å². The fourth-order valence-corrected chi connectivity index (χ4v) is 2.67. The van der Waals surface area contributed by atoms with Crippen LogP contribution in [0.1, 0.15) is 31.0 Å². The molecule has 0 heterocycles. The molecule has 0 aromatic heterocycles. The van der Waals surface area contributed by atoms with Crippen LogP contribution in [-0.4, -0.2) is 34.6 Å². The van der Waals surface area contributed by atoms with Gasteiger partial charge in [0.2, 0.25) is 5.91 Å². The van der Waals surface area contributed by atoms with Crippen LogP contribution >= 0.6 is 0 Å². The Hall–Kier alpha value is -2.17. The van der Waals surface area contributed by atoms with Gasteiger partial charge in [-0.05, 0) is 31.4 Å². The van der Waals surface area contributed by atoms with Gasteiger partial charge < -0.3 is 15.7 Å². The number of rotatable bonds is 6.